The molecule has 0 unspecified atom stereocenters. The number of anilines is 1. The lowest BCUT2D eigenvalue weighted by atomic mass is 10.1. The zero-order valence-corrected chi connectivity index (χ0v) is 12.5. The van der Waals surface area contributed by atoms with Crippen LogP contribution in [0, 0.1) is 0 Å². The number of benzene rings is 1. The maximum atomic E-state index is 12.2. The summed E-state index contributed by atoms with van der Waals surface area (Å²) in [5, 5.41) is 2.97. The zero-order valence-electron chi connectivity index (χ0n) is 11.8. The number of ether oxygens (including phenoxy) is 1. The molecule has 1 saturated heterocycles. The first kappa shape index (κ1) is 15.6. The number of nitrogens with one attached hydrogen (secondary N) is 1. The van der Waals surface area contributed by atoms with Gasteiger partial charge in [0.2, 0.25) is 5.91 Å². The number of primary amides is 1. The first-order chi connectivity index (χ1) is 10.0. The fourth-order valence-electron chi connectivity index (χ4n) is 2.31. The quantitative estimate of drug-likeness (QED) is 0.896. The van der Waals surface area contributed by atoms with Gasteiger partial charge in [-0.05, 0) is 31.0 Å². The van der Waals surface area contributed by atoms with E-state index in [0.29, 0.717) is 18.8 Å². The molecule has 114 valence electrons. The first-order valence-corrected chi connectivity index (χ1v) is 7.07. The molecule has 0 aliphatic carbocycles. The van der Waals surface area contributed by atoms with Gasteiger partial charge in [0.1, 0.15) is 0 Å². The Hall–Kier alpha value is -1.79. The van der Waals surface area contributed by atoms with E-state index in [1.165, 1.54) is 12.1 Å². The number of carbonyl (C=O) groups excluding carboxylic acids is 2. The number of methoxy groups -OCH3 is 1. The van der Waals surface area contributed by atoms with E-state index < -0.39 is 5.91 Å². The van der Waals surface area contributed by atoms with Crippen LogP contribution in [0.5, 0.6) is 0 Å². The molecule has 6 nitrogen and oxygen atoms in total. The first-order valence-electron chi connectivity index (χ1n) is 6.69. The molecule has 1 aromatic rings. The summed E-state index contributed by atoms with van der Waals surface area (Å²) in [5.74, 6) is -0.600. The number of hydrogen-bond acceptors (Lipinski definition) is 3. The van der Waals surface area contributed by atoms with Gasteiger partial charge in [-0.3, -0.25) is 4.79 Å². The fourth-order valence-corrected chi connectivity index (χ4v) is 2.58. The summed E-state index contributed by atoms with van der Waals surface area (Å²) in [4.78, 5) is 25.0. The van der Waals surface area contributed by atoms with Crippen molar-refractivity contribution in [3.8, 4) is 0 Å². The molecule has 21 heavy (non-hydrogen) atoms. The maximum absolute atomic E-state index is 12.2. The van der Waals surface area contributed by atoms with Crippen molar-refractivity contribution in [3.05, 3.63) is 28.8 Å². The Morgan fingerprint density at radius 1 is 1.48 bits per heavy atom. The van der Waals surface area contributed by atoms with Crippen LogP contribution in [0.1, 0.15) is 23.2 Å². The number of hydrogen-bond donors (Lipinski definition) is 2. The Labute approximate surface area is 128 Å². The highest BCUT2D eigenvalue weighted by atomic mass is 35.5. The van der Waals surface area contributed by atoms with Crippen molar-refractivity contribution in [1.29, 1.82) is 0 Å². The van der Waals surface area contributed by atoms with Gasteiger partial charge in [0.25, 0.3) is 0 Å². The maximum Gasteiger partial charge on any atom is 0.321 e. The third-order valence-corrected chi connectivity index (χ3v) is 3.80. The number of urea groups is 1. The van der Waals surface area contributed by atoms with Crippen molar-refractivity contribution in [2.45, 2.75) is 18.9 Å². The van der Waals surface area contributed by atoms with E-state index in [2.05, 4.69) is 5.32 Å². The number of nitrogens with zero attached hydrogens (tertiary/aromatic N) is 1. The second-order valence-electron chi connectivity index (χ2n) is 4.93. The van der Waals surface area contributed by atoms with Crippen LogP contribution in [0.4, 0.5) is 10.5 Å². The third kappa shape index (κ3) is 3.86. The molecule has 0 saturated carbocycles. The summed E-state index contributed by atoms with van der Waals surface area (Å²) in [7, 11) is 1.65. The number of halogens is 1. The Balaban J connectivity index is 2.02. The van der Waals surface area contributed by atoms with E-state index >= 15 is 0 Å². The highest BCUT2D eigenvalue weighted by Crippen LogP contribution is 2.21. The smallest absolute Gasteiger partial charge is 0.321 e. The van der Waals surface area contributed by atoms with Gasteiger partial charge < -0.3 is 20.7 Å². The molecule has 1 atom stereocenters. The number of piperidine rings is 1. The van der Waals surface area contributed by atoms with Gasteiger partial charge in [0, 0.05) is 25.9 Å². The summed E-state index contributed by atoms with van der Waals surface area (Å²) in [6, 6.07) is 4.40. The number of nitrogens with two attached hydrogens (primary N) is 1. The van der Waals surface area contributed by atoms with Gasteiger partial charge >= 0.3 is 6.03 Å². The van der Waals surface area contributed by atoms with E-state index in [1.807, 2.05) is 0 Å². The topological polar surface area (TPSA) is 84.7 Å². The van der Waals surface area contributed by atoms with Gasteiger partial charge in [-0.1, -0.05) is 11.6 Å². The minimum absolute atomic E-state index is 0.0744. The third-order valence-electron chi connectivity index (χ3n) is 3.48. The summed E-state index contributed by atoms with van der Waals surface area (Å²) in [6.45, 7) is 1.26. The van der Waals surface area contributed by atoms with Gasteiger partial charge in [0.15, 0.2) is 0 Å². The van der Waals surface area contributed by atoms with Gasteiger partial charge in [0.05, 0.1) is 16.7 Å². The molecule has 0 aromatic heterocycles. The Morgan fingerprint density at radius 3 is 2.86 bits per heavy atom. The van der Waals surface area contributed by atoms with Crippen LogP contribution in [0.3, 0.4) is 0 Å². The molecule has 1 aromatic carbocycles. The molecule has 7 heteroatoms. The van der Waals surface area contributed by atoms with E-state index in [0.717, 1.165) is 12.8 Å². The minimum atomic E-state index is -0.600. The summed E-state index contributed by atoms with van der Waals surface area (Å²) >= 11 is 5.95. The highest BCUT2D eigenvalue weighted by Gasteiger charge is 2.23. The SMILES string of the molecule is CO[C@H]1CCCN(C(=O)Nc2ccc(C(N)=O)c(Cl)c2)C1. The zero-order chi connectivity index (χ0) is 15.4. The molecule has 0 spiro atoms. The second kappa shape index (κ2) is 6.78. The molecular formula is C14H18ClN3O3. The van der Waals surface area contributed by atoms with Crippen LogP contribution < -0.4 is 11.1 Å². The average molecular weight is 312 g/mol. The molecular weight excluding hydrogens is 294 g/mol. The van der Waals surface area contributed by atoms with Crippen LogP contribution >= 0.6 is 11.6 Å². The van der Waals surface area contributed by atoms with Crippen LogP contribution in [-0.4, -0.2) is 43.1 Å². The molecule has 1 aliphatic heterocycles. The number of likely N-dealkylation sites (tertiary alicyclic amines) is 1. The standard InChI is InChI=1S/C14H18ClN3O3/c1-21-10-3-2-6-18(8-10)14(20)17-9-4-5-11(13(16)19)12(15)7-9/h4-5,7,10H,2-3,6,8H2,1H3,(H2,16,19)(H,17,20)/t10-/m0/s1. The van der Waals surface area contributed by atoms with Crippen LogP contribution in [-0.2, 0) is 4.74 Å². The molecule has 1 aliphatic rings. The molecule has 2 rings (SSSR count). The number of carbonyl (C=O) groups is 2. The Bertz CT molecular complexity index is 550. The van der Waals surface area contributed by atoms with Crippen LogP contribution in [0.2, 0.25) is 5.02 Å². The van der Waals surface area contributed by atoms with E-state index in [1.54, 1.807) is 18.1 Å². The average Bonchev–Trinajstić information content (AvgIpc) is 2.47. The van der Waals surface area contributed by atoms with Crippen molar-refractivity contribution in [3.63, 3.8) is 0 Å². The van der Waals surface area contributed by atoms with E-state index in [9.17, 15) is 9.59 Å². The predicted molar refractivity (Wildman–Crippen MR) is 80.6 cm³/mol. The monoisotopic (exact) mass is 311 g/mol. The van der Waals surface area contributed by atoms with Crippen LogP contribution in [0.15, 0.2) is 18.2 Å². The molecule has 1 fully saturated rings. The van der Waals surface area contributed by atoms with Crippen molar-refractivity contribution in [1.82, 2.24) is 4.90 Å². The van der Waals surface area contributed by atoms with Crippen molar-refractivity contribution >= 4 is 29.2 Å². The lowest BCUT2D eigenvalue weighted by molar-refractivity contribution is 0.0458. The van der Waals surface area contributed by atoms with Crippen molar-refractivity contribution in [2.24, 2.45) is 5.73 Å². The van der Waals surface area contributed by atoms with Gasteiger partial charge in [-0.2, -0.15) is 0 Å². The van der Waals surface area contributed by atoms with E-state index in [-0.39, 0.29) is 22.7 Å². The molecule has 3 N–H and O–H groups in total. The summed E-state index contributed by atoms with van der Waals surface area (Å²) in [5.41, 5.74) is 5.93. The van der Waals surface area contributed by atoms with Gasteiger partial charge in [-0.15, -0.1) is 0 Å². The predicted octanol–water partition coefficient (Wildman–Crippen LogP) is 2.08. The molecule has 0 radical (unpaired) electrons. The molecule has 1 heterocycles. The summed E-state index contributed by atoms with van der Waals surface area (Å²) < 4.78 is 5.29. The molecule has 3 amide bonds. The Morgan fingerprint density at radius 2 is 2.24 bits per heavy atom. The molecule has 0 bridgehead atoms. The normalized spacial score (nSPS) is 18.4. The number of rotatable bonds is 3. The Kier molecular flexibility index (Phi) is 5.03. The highest BCUT2D eigenvalue weighted by molar-refractivity contribution is 6.34. The number of amides is 3. The summed E-state index contributed by atoms with van der Waals surface area (Å²) in [6.07, 6.45) is 1.94. The van der Waals surface area contributed by atoms with Crippen molar-refractivity contribution < 1.29 is 14.3 Å². The van der Waals surface area contributed by atoms with E-state index in [4.69, 9.17) is 22.1 Å². The minimum Gasteiger partial charge on any atom is -0.380 e. The lowest BCUT2D eigenvalue weighted by Crippen LogP contribution is -2.44. The van der Waals surface area contributed by atoms with Crippen molar-refractivity contribution in [2.75, 3.05) is 25.5 Å². The van der Waals surface area contributed by atoms with Gasteiger partial charge in [-0.25, -0.2) is 4.79 Å². The second-order valence-corrected chi connectivity index (χ2v) is 5.34. The lowest BCUT2D eigenvalue weighted by Gasteiger charge is -2.31. The largest absolute Gasteiger partial charge is 0.380 e. The fraction of sp³-hybridized carbons (Fsp3) is 0.429. The van der Waals surface area contributed by atoms with Crippen LogP contribution in [0.25, 0.3) is 0 Å².